The van der Waals surface area contributed by atoms with Crippen LogP contribution in [0.3, 0.4) is 0 Å². The second-order valence-electron chi connectivity index (χ2n) is 33.9. The second-order valence-corrected chi connectivity index (χ2v) is 38.1. The average molecular weight is 1810 g/mol. The van der Waals surface area contributed by atoms with E-state index in [0.717, 1.165) is 129 Å². The van der Waals surface area contributed by atoms with Crippen molar-refractivity contribution in [2.45, 2.75) is 90.9 Å². The fourth-order valence-corrected chi connectivity index (χ4v) is 22.5. The molecule has 0 bridgehead atoms. The molecule has 16 aromatic rings. The van der Waals surface area contributed by atoms with Crippen LogP contribution >= 0.6 is 45.3 Å². The quantitative estimate of drug-likeness (QED) is 0.0315. The zero-order chi connectivity index (χ0) is 92.0. The molecule has 20 rings (SSSR count). The fraction of sp³-hybridized carbons (Fsp3) is 0.170. The summed E-state index contributed by atoms with van der Waals surface area (Å²) in [5, 5.41) is 122. The van der Waals surface area contributed by atoms with Crippen LogP contribution < -0.4 is 0 Å². The van der Waals surface area contributed by atoms with Gasteiger partial charge in [0.05, 0.1) is 65.4 Å². The van der Waals surface area contributed by atoms with Crippen molar-refractivity contribution in [3.05, 3.63) is 328 Å². The summed E-state index contributed by atoms with van der Waals surface area (Å²) >= 11 is 5.13. The molecule has 8 atom stereocenters. The Morgan fingerprint density at radius 1 is 0.254 bits per heavy atom. The van der Waals surface area contributed by atoms with Gasteiger partial charge in [-0.25, -0.2) is 0 Å². The molecule has 0 saturated heterocycles. The van der Waals surface area contributed by atoms with Gasteiger partial charge in [0, 0.05) is 62.6 Å². The maximum atomic E-state index is 13.7. The van der Waals surface area contributed by atoms with E-state index in [1.54, 1.807) is 121 Å². The van der Waals surface area contributed by atoms with Crippen LogP contribution in [-0.2, 0) is 19.2 Å². The standard InChI is InChI=1S/2C27H22O5S.2C26H20O5S/c2*1-13-9-14(2)23(21(29)10-13)25(30)26-24(18-8-7-17(28)11-22(18)33-26)16-5-3-15(4-6-16)19-12-20(19)27(31)32;2*1-13-2-8-17(21(28)10-13)24(29)25-23(18-9-7-16(27)11-22(18)32-25)15-5-3-14(4-6-15)19-12-20(19)26(30)31/h2*3-11,19-20,28-29H,12H2,1-2H3,(H,31,32);2*2-11,19-20,27-28H,12H2,1H3,(H,30,31). The first-order valence-corrected chi connectivity index (χ1v) is 45.1. The average Bonchev–Trinajstić information content (AvgIpc) is 1.61. The van der Waals surface area contributed by atoms with Crippen molar-refractivity contribution < 1.29 is 99.6 Å². The molecule has 0 radical (unpaired) electrons. The van der Waals surface area contributed by atoms with Gasteiger partial charge in [0.1, 0.15) is 46.0 Å². The first-order valence-electron chi connectivity index (χ1n) is 41.9. The number of hydrogen-bond acceptors (Lipinski definition) is 20. The van der Waals surface area contributed by atoms with E-state index in [1.165, 1.54) is 45.3 Å². The number of rotatable bonds is 20. The molecule has 24 heteroatoms. The summed E-state index contributed by atoms with van der Waals surface area (Å²) in [6, 6.07) is 67.6. The van der Waals surface area contributed by atoms with E-state index in [0.29, 0.717) is 56.3 Å². The molecule has 4 aliphatic rings. The number of carbonyl (C=O) groups excluding carboxylic acids is 4. The van der Waals surface area contributed by atoms with Gasteiger partial charge in [-0.05, 0) is 278 Å². The highest BCUT2D eigenvalue weighted by atomic mass is 32.1. The second kappa shape index (κ2) is 34.9. The summed E-state index contributed by atoms with van der Waals surface area (Å²) in [5.74, 6) is -5.12. The van der Waals surface area contributed by atoms with Crippen molar-refractivity contribution in [3.63, 3.8) is 0 Å². The lowest BCUT2D eigenvalue weighted by atomic mass is 9.94. The predicted octanol–water partition coefficient (Wildman–Crippen LogP) is 23.4. The molecule has 8 unspecified atom stereocenters. The van der Waals surface area contributed by atoms with Gasteiger partial charge in [-0.3, -0.25) is 38.4 Å². The zero-order valence-electron chi connectivity index (χ0n) is 70.7. The van der Waals surface area contributed by atoms with Crippen molar-refractivity contribution in [3.8, 4) is 90.5 Å². The number of aromatic hydroxyl groups is 8. The Balaban J connectivity index is 0.000000121. The molecule has 0 spiro atoms. The number of hydrogen-bond donors (Lipinski definition) is 12. The number of thiophene rings is 4. The Morgan fingerprint density at radius 3 is 0.700 bits per heavy atom. The number of carbonyl (C=O) groups is 8. The third-order valence-electron chi connectivity index (χ3n) is 24.6. The Morgan fingerprint density at radius 2 is 0.485 bits per heavy atom. The lowest BCUT2D eigenvalue weighted by molar-refractivity contribution is -0.139. The van der Waals surface area contributed by atoms with E-state index >= 15 is 0 Å². The first kappa shape index (κ1) is 87.5. The van der Waals surface area contributed by atoms with Crippen molar-refractivity contribution in [2.24, 2.45) is 23.7 Å². The summed E-state index contributed by atoms with van der Waals surface area (Å²) in [5.41, 5.74) is 16.1. The minimum Gasteiger partial charge on any atom is -0.508 e. The molecule has 12 aromatic carbocycles. The van der Waals surface area contributed by atoms with E-state index in [1.807, 2.05) is 151 Å². The van der Waals surface area contributed by atoms with Crippen molar-refractivity contribution in [1.82, 2.24) is 0 Å². The smallest absolute Gasteiger partial charge is 0.307 e. The first-order chi connectivity index (χ1) is 62.1. The number of benzene rings is 12. The van der Waals surface area contributed by atoms with E-state index < -0.39 is 23.9 Å². The van der Waals surface area contributed by atoms with Gasteiger partial charge in [0.2, 0.25) is 23.1 Å². The third kappa shape index (κ3) is 17.4. The van der Waals surface area contributed by atoms with Crippen LogP contribution in [0.5, 0.6) is 46.0 Å². The summed E-state index contributed by atoms with van der Waals surface area (Å²) in [4.78, 5) is 101. The van der Waals surface area contributed by atoms with Gasteiger partial charge in [0.25, 0.3) is 0 Å². The highest BCUT2D eigenvalue weighted by Crippen LogP contribution is 2.54. The molecule has 4 saturated carbocycles. The molecule has 4 fully saturated rings. The van der Waals surface area contributed by atoms with E-state index in [4.69, 9.17) is 0 Å². The van der Waals surface area contributed by atoms with Crippen LogP contribution in [-0.4, -0.2) is 108 Å². The number of aryl methyl sites for hydroxylation is 6. The van der Waals surface area contributed by atoms with Gasteiger partial charge >= 0.3 is 23.9 Å². The number of fused-ring (bicyclic) bond motifs is 4. The van der Waals surface area contributed by atoms with Gasteiger partial charge in [0.15, 0.2) is 0 Å². The van der Waals surface area contributed by atoms with Crippen LogP contribution in [0, 0.1) is 65.2 Å². The summed E-state index contributed by atoms with van der Waals surface area (Å²) < 4.78 is 3.09. The molecule has 20 nitrogen and oxygen atoms in total. The minimum atomic E-state index is -0.770. The maximum Gasteiger partial charge on any atom is 0.307 e. The van der Waals surface area contributed by atoms with E-state index in [9.17, 15) is 99.6 Å². The molecule has 130 heavy (non-hydrogen) atoms. The zero-order valence-corrected chi connectivity index (χ0v) is 73.9. The van der Waals surface area contributed by atoms with Crippen LogP contribution in [0.2, 0.25) is 0 Å². The molecule has 12 N–H and O–H groups in total. The van der Waals surface area contributed by atoms with Crippen LogP contribution in [0.15, 0.2) is 231 Å². The highest BCUT2D eigenvalue weighted by Gasteiger charge is 2.47. The van der Waals surface area contributed by atoms with Crippen LogP contribution in [0.1, 0.15) is 166 Å². The molecule has 4 heterocycles. The molecule has 4 aliphatic carbocycles. The monoisotopic (exact) mass is 1800 g/mol. The SMILES string of the molecule is Cc1cc(C)c(C(=O)c2sc3cc(O)ccc3c2-c2ccc(C3CC3C(=O)O)cc2)c(O)c1.Cc1cc(C)c(C(=O)c2sc3cc(O)ccc3c2-c2ccc(C3CC3C(=O)O)cc2)c(O)c1.Cc1ccc(C(=O)c2sc3cc(O)ccc3c2-c2ccc(C3CC3C(=O)O)cc2)c(O)c1.Cc1ccc(C(=O)c2sc3cc(O)ccc3c2-c2ccc(C3CC3C(=O)O)cc2)c(O)c1. The molecule has 0 amide bonds. The number of phenolic OH excluding ortho intramolecular Hbond substituents is 8. The normalized spacial score (nSPS) is 17.3. The molecular formula is C106H84O20S4. The summed E-state index contributed by atoms with van der Waals surface area (Å²) in [6.07, 6.45) is 2.58. The minimum absolute atomic E-state index is 0.0287. The van der Waals surface area contributed by atoms with Crippen LogP contribution in [0.25, 0.3) is 84.9 Å². The molecule has 4 aromatic heterocycles. The Labute approximate surface area is 760 Å². The van der Waals surface area contributed by atoms with Gasteiger partial charge in [-0.15, -0.1) is 45.3 Å². The number of carboxylic acid groups (broad SMARTS) is 4. The van der Waals surface area contributed by atoms with Gasteiger partial charge in [-0.2, -0.15) is 0 Å². The van der Waals surface area contributed by atoms with Crippen molar-refractivity contribution >= 4 is 133 Å². The Kier molecular flexibility index (Phi) is 23.5. The Hall–Kier alpha value is -14.6. The van der Waals surface area contributed by atoms with E-state index in [2.05, 4.69) is 0 Å². The number of carboxylic acids is 4. The lowest BCUT2D eigenvalue weighted by Gasteiger charge is -2.10. The lowest BCUT2D eigenvalue weighted by Crippen LogP contribution is -2.04. The maximum absolute atomic E-state index is 13.7. The molecular weight excluding hydrogens is 1720 g/mol. The summed E-state index contributed by atoms with van der Waals surface area (Å²) in [7, 11) is 0. The van der Waals surface area contributed by atoms with Gasteiger partial charge < -0.3 is 61.3 Å². The van der Waals surface area contributed by atoms with Gasteiger partial charge in [-0.1, -0.05) is 121 Å². The van der Waals surface area contributed by atoms with Crippen molar-refractivity contribution in [1.29, 1.82) is 0 Å². The highest BCUT2D eigenvalue weighted by molar-refractivity contribution is 7.23. The summed E-state index contributed by atoms with van der Waals surface area (Å²) in [6.45, 7) is 11.0. The van der Waals surface area contributed by atoms with E-state index in [-0.39, 0.29) is 139 Å². The topological polar surface area (TPSA) is 379 Å². The fourth-order valence-electron chi connectivity index (χ4n) is 17.7. The number of phenols is 8. The van der Waals surface area contributed by atoms with Crippen molar-refractivity contribution in [2.75, 3.05) is 0 Å². The molecule has 0 aliphatic heterocycles. The molecule has 652 valence electrons. The third-order valence-corrected chi connectivity index (χ3v) is 29.2. The van der Waals surface area contributed by atoms with Crippen LogP contribution in [0.4, 0.5) is 0 Å². The predicted molar refractivity (Wildman–Crippen MR) is 504 cm³/mol. The Bertz CT molecular complexity index is 6890. The number of ketones is 4. The largest absolute Gasteiger partial charge is 0.508 e. The number of aliphatic carboxylic acids is 4.